The maximum Gasteiger partial charge on any atom is 0.339 e. The Kier molecular flexibility index (Phi) is 6.56. The molecule has 1 heterocycles. The van der Waals surface area contributed by atoms with Crippen molar-refractivity contribution in [3.05, 3.63) is 64.8 Å². The van der Waals surface area contributed by atoms with E-state index in [2.05, 4.69) is 9.97 Å². The predicted molar refractivity (Wildman–Crippen MR) is 106 cm³/mol. The number of aryl methyl sites for hydroxylation is 1. The maximum atomic E-state index is 10.3. The molecule has 0 amide bonds. The van der Waals surface area contributed by atoms with Crippen molar-refractivity contribution in [3.8, 4) is 16.9 Å². The molecule has 0 spiro atoms. The Hall–Kier alpha value is -3.32. The number of nitrogen functional groups attached to an aromatic ring is 2. The van der Waals surface area contributed by atoms with Gasteiger partial charge in [0.25, 0.3) is 0 Å². The molecule has 0 unspecified atom stereocenters. The van der Waals surface area contributed by atoms with Crippen LogP contribution >= 0.6 is 11.6 Å². The number of benzene rings is 2. The van der Waals surface area contributed by atoms with Crippen LogP contribution in [-0.2, 0) is 6.42 Å². The van der Waals surface area contributed by atoms with Gasteiger partial charge in [0, 0.05) is 10.6 Å². The second-order valence-electron chi connectivity index (χ2n) is 5.47. The number of phenols is 1. The Morgan fingerprint density at radius 3 is 2.22 bits per heavy atom. The highest BCUT2D eigenvalue weighted by atomic mass is 35.5. The van der Waals surface area contributed by atoms with Gasteiger partial charge >= 0.3 is 5.97 Å². The summed E-state index contributed by atoms with van der Waals surface area (Å²) in [5.41, 5.74) is 14.0. The fraction of sp³-hybridized carbons (Fsp3) is 0.105. The molecule has 0 aliphatic heterocycles. The molecule has 6 N–H and O–H groups in total. The summed E-state index contributed by atoms with van der Waals surface area (Å²) in [6, 6.07) is 13.2. The Morgan fingerprint density at radius 1 is 1.07 bits per heavy atom. The number of hydrogen-bond acceptors (Lipinski definition) is 6. The van der Waals surface area contributed by atoms with E-state index < -0.39 is 5.97 Å². The van der Waals surface area contributed by atoms with E-state index >= 15 is 0 Å². The van der Waals surface area contributed by atoms with E-state index in [-0.39, 0.29) is 17.3 Å². The summed E-state index contributed by atoms with van der Waals surface area (Å²) < 4.78 is 0. The number of carboxylic acids is 1. The van der Waals surface area contributed by atoms with Crippen LogP contribution in [-0.4, -0.2) is 26.2 Å². The topological polar surface area (TPSA) is 135 Å². The van der Waals surface area contributed by atoms with E-state index in [0.717, 1.165) is 23.2 Å². The van der Waals surface area contributed by atoms with E-state index in [1.807, 2.05) is 31.2 Å². The lowest BCUT2D eigenvalue weighted by Gasteiger charge is -2.10. The average molecular weight is 387 g/mol. The first-order valence-corrected chi connectivity index (χ1v) is 8.40. The number of halogens is 1. The maximum absolute atomic E-state index is 10.3. The van der Waals surface area contributed by atoms with Crippen molar-refractivity contribution in [3.63, 3.8) is 0 Å². The zero-order valence-corrected chi connectivity index (χ0v) is 15.3. The van der Waals surface area contributed by atoms with Gasteiger partial charge in [0.1, 0.15) is 17.1 Å². The first-order valence-electron chi connectivity index (χ1n) is 8.02. The van der Waals surface area contributed by atoms with Crippen LogP contribution in [0, 0.1) is 0 Å². The van der Waals surface area contributed by atoms with Crippen LogP contribution in [0.4, 0.5) is 11.8 Å². The highest BCUT2D eigenvalue weighted by Crippen LogP contribution is 2.29. The fourth-order valence-corrected chi connectivity index (χ4v) is 2.51. The standard InChI is InChI=1S/C12H13ClN4.C7H6O3/c1-2-9-10(11(14)17-12(15)16-9)7-3-5-8(13)6-4-7;8-6-4-2-1-3-5(6)7(9)10/h3-6H,2H2,1H3,(H4,14,15,16,17);1-4,8H,(H,9,10). The van der Waals surface area contributed by atoms with Gasteiger partial charge in [0.2, 0.25) is 5.95 Å². The molecule has 0 radical (unpaired) electrons. The number of aromatic hydroxyl groups is 1. The van der Waals surface area contributed by atoms with E-state index in [4.69, 9.17) is 33.3 Å². The van der Waals surface area contributed by atoms with Crippen LogP contribution in [0.5, 0.6) is 5.75 Å². The Bertz CT molecular complexity index is 946. The highest BCUT2D eigenvalue weighted by Gasteiger charge is 2.12. The molecule has 3 rings (SSSR count). The molecule has 0 aliphatic rings. The van der Waals surface area contributed by atoms with Crippen LogP contribution in [0.2, 0.25) is 5.02 Å². The molecule has 140 valence electrons. The van der Waals surface area contributed by atoms with Gasteiger partial charge in [-0.1, -0.05) is 42.8 Å². The van der Waals surface area contributed by atoms with Crippen molar-refractivity contribution >= 4 is 29.3 Å². The van der Waals surface area contributed by atoms with Crippen molar-refractivity contribution in [2.45, 2.75) is 13.3 Å². The van der Waals surface area contributed by atoms with Crippen LogP contribution < -0.4 is 11.5 Å². The molecule has 2 aromatic carbocycles. The molecule has 27 heavy (non-hydrogen) atoms. The zero-order valence-electron chi connectivity index (χ0n) is 14.6. The second kappa shape index (κ2) is 8.86. The van der Waals surface area contributed by atoms with E-state index in [0.29, 0.717) is 10.8 Å². The Labute approximate surface area is 161 Å². The SMILES string of the molecule is CCc1nc(N)nc(N)c1-c1ccc(Cl)cc1.O=C(O)c1ccccc1O. The lowest BCUT2D eigenvalue weighted by molar-refractivity contribution is 0.0693. The number of anilines is 2. The monoisotopic (exact) mass is 386 g/mol. The van der Waals surface area contributed by atoms with Crippen LogP contribution in [0.1, 0.15) is 23.0 Å². The molecular weight excluding hydrogens is 368 g/mol. The van der Waals surface area contributed by atoms with Crippen molar-refractivity contribution in [2.24, 2.45) is 0 Å². The number of carboxylic acid groups (broad SMARTS) is 1. The van der Waals surface area contributed by atoms with Crippen molar-refractivity contribution in [1.82, 2.24) is 9.97 Å². The fourth-order valence-electron chi connectivity index (χ4n) is 2.39. The summed E-state index contributed by atoms with van der Waals surface area (Å²) in [5, 5.41) is 18.0. The summed E-state index contributed by atoms with van der Waals surface area (Å²) >= 11 is 5.86. The highest BCUT2D eigenvalue weighted by molar-refractivity contribution is 6.30. The number of nitrogens with two attached hydrogens (primary N) is 2. The largest absolute Gasteiger partial charge is 0.507 e. The third-order valence-corrected chi connectivity index (χ3v) is 3.88. The molecule has 7 nitrogen and oxygen atoms in total. The van der Waals surface area contributed by atoms with Crippen LogP contribution in [0.25, 0.3) is 11.1 Å². The number of nitrogens with zero attached hydrogens (tertiary/aromatic N) is 2. The van der Waals surface area contributed by atoms with Gasteiger partial charge in [-0.2, -0.15) is 4.98 Å². The third-order valence-electron chi connectivity index (χ3n) is 3.63. The van der Waals surface area contributed by atoms with E-state index in [1.54, 1.807) is 12.1 Å². The molecule has 0 atom stereocenters. The lowest BCUT2D eigenvalue weighted by atomic mass is 10.0. The minimum atomic E-state index is -1.11. The molecule has 3 aromatic rings. The quantitative estimate of drug-likeness (QED) is 0.539. The second-order valence-corrected chi connectivity index (χ2v) is 5.91. The number of carbonyl (C=O) groups is 1. The van der Waals surface area contributed by atoms with Crippen molar-refractivity contribution in [1.29, 1.82) is 0 Å². The Morgan fingerprint density at radius 2 is 1.70 bits per heavy atom. The van der Waals surface area contributed by atoms with Crippen LogP contribution in [0.3, 0.4) is 0 Å². The molecule has 0 fully saturated rings. The molecule has 0 bridgehead atoms. The summed E-state index contributed by atoms with van der Waals surface area (Å²) in [5.74, 6) is -0.707. The number of aromatic nitrogens is 2. The van der Waals surface area contributed by atoms with Gasteiger partial charge in [-0.25, -0.2) is 9.78 Å². The van der Waals surface area contributed by atoms with Gasteiger partial charge in [-0.3, -0.25) is 0 Å². The summed E-state index contributed by atoms with van der Waals surface area (Å²) in [6.45, 7) is 2.00. The molecule has 0 saturated heterocycles. The van der Waals surface area contributed by atoms with E-state index in [9.17, 15) is 4.79 Å². The number of rotatable bonds is 3. The van der Waals surface area contributed by atoms with Gasteiger partial charge in [0.05, 0.1) is 5.69 Å². The number of aromatic carboxylic acids is 1. The number of para-hydroxylation sites is 1. The Balaban J connectivity index is 0.000000223. The van der Waals surface area contributed by atoms with Gasteiger partial charge in [-0.05, 0) is 36.2 Å². The lowest BCUT2D eigenvalue weighted by Crippen LogP contribution is -2.06. The minimum absolute atomic E-state index is 0.0671. The normalized spacial score (nSPS) is 10.0. The summed E-state index contributed by atoms with van der Waals surface area (Å²) in [6.07, 6.45) is 0.745. The summed E-state index contributed by atoms with van der Waals surface area (Å²) in [7, 11) is 0. The van der Waals surface area contributed by atoms with Gasteiger partial charge < -0.3 is 21.7 Å². The van der Waals surface area contributed by atoms with Crippen LogP contribution in [0.15, 0.2) is 48.5 Å². The third kappa shape index (κ3) is 5.08. The smallest absolute Gasteiger partial charge is 0.339 e. The molecule has 1 aromatic heterocycles. The average Bonchev–Trinajstić information content (AvgIpc) is 2.63. The minimum Gasteiger partial charge on any atom is -0.507 e. The van der Waals surface area contributed by atoms with Gasteiger partial charge in [0.15, 0.2) is 0 Å². The van der Waals surface area contributed by atoms with Gasteiger partial charge in [-0.15, -0.1) is 0 Å². The molecule has 8 heteroatoms. The van der Waals surface area contributed by atoms with Crippen molar-refractivity contribution in [2.75, 3.05) is 11.5 Å². The molecular formula is C19H19ClN4O3. The predicted octanol–water partition coefficient (Wildman–Crippen LogP) is 3.61. The van der Waals surface area contributed by atoms with Crippen molar-refractivity contribution < 1.29 is 15.0 Å². The van der Waals surface area contributed by atoms with E-state index in [1.165, 1.54) is 12.1 Å². The molecule has 0 saturated carbocycles. The molecule has 0 aliphatic carbocycles. The number of hydrogen-bond donors (Lipinski definition) is 4. The first kappa shape index (κ1) is 20.0. The zero-order chi connectivity index (χ0) is 20.0. The summed E-state index contributed by atoms with van der Waals surface area (Å²) in [4.78, 5) is 18.5. The first-order chi connectivity index (χ1) is 12.8.